The van der Waals surface area contributed by atoms with Crippen molar-refractivity contribution in [1.29, 1.82) is 0 Å². The van der Waals surface area contributed by atoms with Gasteiger partial charge in [0.05, 0.1) is 25.7 Å². The molecular formula is C27H29N3O5S2. The summed E-state index contributed by atoms with van der Waals surface area (Å²) in [5, 5.41) is 0.478. The number of carbonyl (C=O) groups excluding carboxylic acids is 1. The fraction of sp³-hybridized carbons (Fsp3) is 0.259. The third-order valence-corrected chi connectivity index (χ3v) is 9.16. The number of amides is 1. The van der Waals surface area contributed by atoms with Crippen LogP contribution in [0.5, 0.6) is 11.5 Å². The number of aromatic nitrogens is 1. The van der Waals surface area contributed by atoms with Gasteiger partial charge in [0.1, 0.15) is 21.7 Å². The number of carbonyl (C=O) groups is 1. The van der Waals surface area contributed by atoms with Gasteiger partial charge in [0, 0.05) is 18.7 Å². The Balaban J connectivity index is 1.76. The van der Waals surface area contributed by atoms with Gasteiger partial charge in [-0.2, -0.15) is 4.31 Å². The van der Waals surface area contributed by atoms with E-state index in [2.05, 4.69) is 0 Å². The summed E-state index contributed by atoms with van der Waals surface area (Å²) in [6, 6.07) is 19.3. The lowest BCUT2D eigenvalue weighted by Crippen LogP contribution is -2.31. The van der Waals surface area contributed by atoms with Crippen LogP contribution in [-0.2, 0) is 16.6 Å². The molecule has 0 atom stereocenters. The van der Waals surface area contributed by atoms with E-state index in [0.717, 1.165) is 10.3 Å². The Kier molecular flexibility index (Phi) is 8.11. The molecule has 0 saturated carbocycles. The molecular weight excluding hydrogens is 510 g/mol. The summed E-state index contributed by atoms with van der Waals surface area (Å²) < 4.78 is 38.9. The van der Waals surface area contributed by atoms with Crippen molar-refractivity contribution in [2.45, 2.75) is 25.3 Å². The first-order valence-electron chi connectivity index (χ1n) is 11.8. The van der Waals surface area contributed by atoms with E-state index in [0.29, 0.717) is 40.8 Å². The maximum Gasteiger partial charge on any atom is 0.260 e. The van der Waals surface area contributed by atoms with Crippen LogP contribution in [0.15, 0.2) is 71.6 Å². The van der Waals surface area contributed by atoms with Crippen LogP contribution in [-0.4, -0.2) is 50.9 Å². The summed E-state index contributed by atoms with van der Waals surface area (Å²) in [5.41, 5.74) is 1.88. The van der Waals surface area contributed by atoms with Gasteiger partial charge in [-0.25, -0.2) is 13.4 Å². The molecule has 10 heteroatoms. The molecule has 0 bridgehead atoms. The molecule has 194 valence electrons. The molecule has 1 heterocycles. The number of benzene rings is 3. The maximum absolute atomic E-state index is 13.8. The van der Waals surface area contributed by atoms with Crippen molar-refractivity contribution in [3.8, 4) is 11.5 Å². The molecule has 3 aromatic carbocycles. The van der Waals surface area contributed by atoms with Crippen LogP contribution in [0, 0.1) is 0 Å². The lowest BCUT2D eigenvalue weighted by Gasteiger charge is -2.21. The molecule has 0 spiro atoms. The predicted molar refractivity (Wildman–Crippen MR) is 146 cm³/mol. The Morgan fingerprint density at radius 1 is 0.892 bits per heavy atom. The van der Waals surface area contributed by atoms with Crippen molar-refractivity contribution in [3.63, 3.8) is 0 Å². The van der Waals surface area contributed by atoms with Gasteiger partial charge in [-0.1, -0.05) is 55.5 Å². The highest BCUT2D eigenvalue weighted by Gasteiger charge is 2.26. The molecule has 1 amide bonds. The summed E-state index contributed by atoms with van der Waals surface area (Å²) in [4.78, 5) is 20.3. The van der Waals surface area contributed by atoms with Crippen molar-refractivity contribution in [2.75, 3.05) is 32.2 Å². The van der Waals surface area contributed by atoms with Gasteiger partial charge in [-0.15, -0.1) is 0 Å². The zero-order valence-electron chi connectivity index (χ0n) is 21.2. The van der Waals surface area contributed by atoms with Crippen LogP contribution in [0.3, 0.4) is 0 Å². The van der Waals surface area contributed by atoms with Crippen LogP contribution in [0.1, 0.15) is 29.8 Å². The zero-order valence-corrected chi connectivity index (χ0v) is 22.8. The number of nitrogens with zero attached hydrogens (tertiary/aromatic N) is 3. The number of thiazole rings is 1. The number of sulfonamides is 1. The van der Waals surface area contributed by atoms with Gasteiger partial charge in [-0.05, 0) is 42.0 Å². The van der Waals surface area contributed by atoms with Gasteiger partial charge in [0.25, 0.3) is 5.91 Å². The van der Waals surface area contributed by atoms with Crippen LogP contribution < -0.4 is 14.4 Å². The Morgan fingerprint density at radius 3 is 2.11 bits per heavy atom. The van der Waals surface area contributed by atoms with Crippen molar-refractivity contribution in [1.82, 2.24) is 9.29 Å². The Morgan fingerprint density at radius 2 is 1.51 bits per heavy atom. The van der Waals surface area contributed by atoms with E-state index in [1.807, 2.05) is 36.4 Å². The lowest BCUT2D eigenvalue weighted by atomic mass is 10.1. The quantitative estimate of drug-likeness (QED) is 0.276. The van der Waals surface area contributed by atoms with E-state index < -0.39 is 10.0 Å². The van der Waals surface area contributed by atoms with E-state index >= 15 is 0 Å². The molecule has 0 N–H and O–H groups in total. The van der Waals surface area contributed by atoms with Crippen molar-refractivity contribution in [3.05, 3.63) is 77.9 Å². The number of hydrogen-bond donors (Lipinski definition) is 0. The Bertz CT molecular complexity index is 1440. The van der Waals surface area contributed by atoms with E-state index in [-0.39, 0.29) is 17.3 Å². The van der Waals surface area contributed by atoms with Crippen LogP contribution in [0.25, 0.3) is 10.2 Å². The summed E-state index contributed by atoms with van der Waals surface area (Å²) in [6.07, 6.45) is 0. The molecule has 0 aliphatic heterocycles. The van der Waals surface area contributed by atoms with Crippen molar-refractivity contribution < 1.29 is 22.7 Å². The Hall–Kier alpha value is -3.47. The maximum atomic E-state index is 13.8. The molecule has 4 aromatic rings. The summed E-state index contributed by atoms with van der Waals surface area (Å²) in [5.74, 6) is 0.918. The average Bonchev–Trinajstić information content (AvgIpc) is 3.37. The minimum atomic E-state index is -3.63. The molecule has 4 rings (SSSR count). The number of ether oxygens (including phenoxy) is 2. The van der Waals surface area contributed by atoms with E-state index in [9.17, 15) is 13.2 Å². The second-order valence-electron chi connectivity index (χ2n) is 8.13. The average molecular weight is 540 g/mol. The molecule has 0 saturated heterocycles. The fourth-order valence-electron chi connectivity index (χ4n) is 4.02. The number of fused-ring (bicyclic) bond motifs is 1. The predicted octanol–water partition coefficient (Wildman–Crippen LogP) is 5.19. The second kappa shape index (κ2) is 11.3. The first-order chi connectivity index (χ1) is 17.8. The highest BCUT2D eigenvalue weighted by Crippen LogP contribution is 2.40. The molecule has 0 radical (unpaired) electrons. The zero-order chi connectivity index (χ0) is 26.6. The summed E-state index contributed by atoms with van der Waals surface area (Å²) in [7, 11) is -0.472. The molecule has 0 aliphatic carbocycles. The molecule has 0 aliphatic rings. The van der Waals surface area contributed by atoms with Crippen LogP contribution in [0.4, 0.5) is 5.13 Å². The highest BCUT2D eigenvalue weighted by molar-refractivity contribution is 7.89. The standard InChI is InChI=1S/C27H29N3O5S2/c1-5-29(6-2)37(32,33)21-14-12-20(13-15-21)26(31)30(18-19-10-8-7-9-11-19)27-28-24-22(34-3)16-17-23(35-4)25(24)36-27/h7-17H,5-6,18H2,1-4H3. The largest absolute Gasteiger partial charge is 0.495 e. The first kappa shape index (κ1) is 26.6. The van der Waals surface area contributed by atoms with E-state index in [1.165, 1.54) is 27.8 Å². The number of rotatable bonds is 10. The van der Waals surface area contributed by atoms with Gasteiger partial charge < -0.3 is 9.47 Å². The number of anilines is 1. The van der Waals surface area contributed by atoms with Crippen molar-refractivity contribution >= 4 is 42.6 Å². The minimum absolute atomic E-state index is 0.150. The SMILES string of the molecule is CCN(CC)S(=O)(=O)c1ccc(C(=O)N(Cc2ccccc2)c2nc3c(OC)ccc(OC)c3s2)cc1. The van der Waals surface area contributed by atoms with Crippen molar-refractivity contribution in [2.24, 2.45) is 0 Å². The number of methoxy groups -OCH3 is 2. The number of hydrogen-bond acceptors (Lipinski definition) is 7. The van der Waals surface area contributed by atoms with Gasteiger partial charge >= 0.3 is 0 Å². The second-order valence-corrected chi connectivity index (χ2v) is 11.1. The fourth-order valence-corrected chi connectivity index (χ4v) is 6.55. The Labute approximate surface area is 221 Å². The smallest absolute Gasteiger partial charge is 0.260 e. The summed E-state index contributed by atoms with van der Waals surface area (Å²) in [6.45, 7) is 4.61. The third-order valence-electron chi connectivity index (χ3n) is 6.00. The molecule has 0 unspecified atom stereocenters. The van der Waals surface area contributed by atoms with E-state index in [4.69, 9.17) is 14.5 Å². The lowest BCUT2D eigenvalue weighted by molar-refractivity contribution is 0.0985. The summed E-state index contributed by atoms with van der Waals surface area (Å²) >= 11 is 1.33. The highest BCUT2D eigenvalue weighted by atomic mass is 32.2. The van der Waals surface area contributed by atoms with Gasteiger partial charge in [0.2, 0.25) is 10.0 Å². The van der Waals surface area contributed by atoms with Crippen LogP contribution in [0.2, 0.25) is 0 Å². The monoisotopic (exact) mass is 539 g/mol. The van der Waals surface area contributed by atoms with Crippen LogP contribution >= 0.6 is 11.3 Å². The normalized spacial score (nSPS) is 11.6. The van der Waals surface area contributed by atoms with Gasteiger partial charge in [-0.3, -0.25) is 9.69 Å². The third kappa shape index (κ3) is 5.31. The molecule has 8 nitrogen and oxygen atoms in total. The minimum Gasteiger partial charge on any atom is -0.495 e. The molecule has 1 aromatic heterocycles. The first-order valence-corrected chi connectivity index (χ1v) is 14.1. The van der Waals surface area contributed by atoms with Gasteiger partial charge in [0.15, 0.2) is 5.13 Å². The topological polar surface area (TPSA) is 89.0 Å². The molecule has 37 heavy (non-hydrogen) atoms. The van der Waals surface area contributed by atoms with E-state index in [1.54, 1.807) is 51.2 Å². The molecule has 0 fully saturated rings.